The number of rotatable bonds is 9. The molecule has 2 saturated heterocycles. The lowest BCUT2D eigenvalue weighted by Crippen LogP contribution is -2.60. The Bertz CT molecular complexity index is 586. The van der Waals surface area contributed by atoms with Gasteiger partial charge in [0.1, 0.15) is 0 Å². The van der Waals surface area contributed by atoms with Crippen LogP contribution in [0.2, 0.25) is 0 Å². The lowest BCUT2D eigenvalue weighted by atomic mass is 9.74. The number of carbonyl (C=O) groups excluding carboxylic acids is 1. The second-order valence-electron chi connectivity index (χ2n) is 10.6. The lowest BCUT2D eigenvalue weighted by molar-refractivity contribution is -0.201. The first-order valence-electron chi connectivity index (χ1n) is 13.1. The molecule has 1 N–H and O–H groups in total. The Kier molecular flexibility index (Phi) is 9.24. The van der Waals surface area contributed by atoms with E-state index in [0.717, 1.165) is 64.8 Å². The number of amides is 2. The van der Waals surface area contributed by atoms with Crippen LogP contribution in [0.5, 0.6) is 0 Å². The third-order valence-electron chi connectivity index (χ3n) is 7.73. The summed E-state index contributed by atoms with van der Waals surface area (Å²) < 4.78 is 12.1. The van der Waals surface area contributed by atoms with Crippen LogP contribution < -0.4 is 5.32 Å². The summed E-state index contributed by atoms with van der Waals surface area (Å²) in [6.45, 7) is 19.1. The number of nitrogens with zero attached hydrogens (tertiary/aromatic N) is 3. The molecule has 0 aromatic heterocycles. The standard InChI is InChI=1S/C25H48N4O3/c1-7-11-28-18-22(16-21-17-25(10-9-23(21)28)31-14-15-32-25)26-24(30)27(8-2)12-13-29(19(3)4)20(5)6/h19-23H,7-18H2,1-6H3,(H,26,30)/t21-,22+,23-/m1/s1. The molecule has 2 aliphatic heterocycles. The minimum atomic E-state index is -0.364. The van der Waals surface area contributed by atoms with E-state index in [1.807, 2.05) is 4.90 Å². The summed E-state index contributed by atoms with van der Waals surface area (Å²) in [4.78, 5) is 20.2. The highest BCUT2D eigenvalue weighted by Crippen LogP contribution is 2.44. The maximum Gasteiger partial charge on any atom is 0.317 e. The van der Waals surface area contributed by atoms with Gasteiger partial charge in [-0.05, 0) is 66.3 Å². The van der Waals surface area contributed by atoms with Crippen molar-refractivity contribution in [3.05, 3.63) is 0 Å². The molecule has 32 heavy (non-hydrogen) atoms. The third kappa shape index (κ3) is 6.16. The molecule has 2 heterocycles. The van der Waals surface area contributed by atoms with Crippen LogP contribution in [0.4, 0.5) is 4.79 Å². The van der Waals surface area contributed by atoms with E-state index >= 15 is 0 Å². The summed E-state index contributed by atoms with van der Waals surface area (Å²) in [6, 6.07) is 1.82. The number of fused-ring (bicyclic) bond motifs is 1. The van der Waals surface area contributed by atoms with Crippen LogP contribution in [0.15, 0.2) is 0 Å². The molecular formula is C25H48N4O3. The van der Waals surface area contributed by atoms with Crippen molar-refractivity contribution < 1.29 is 14.3 Å². The number of likely N-dealkylation sites (N-methyl/N-ethyl adjacent to an activating group) is 1. The Morgan fingerprint density at radius 2 is 1.81 bits per heavy atom. The molecule has 0 radical (unpaired) electrons. The first kappa shape index (κ1) is 25.7. The Morgan fingerprint density at radius 1 is 1.12 bits per heavy atom. The van der Waals surface area contributed by atoms with Gasteiger partial charge in [-0.1, -0.05) is 6.92 Å². The first-order chi connectivity index (χ1) is 15.3. The molecule has 1 aliphatic carbocycles. The van der Waals surface area contributed by atoms with Crippen molar-refractivity contribution in [3.8, 4) is 0 Å². The largest absolute Gasteiger partial charge is 0.348 e. The quantitative estimate of drug-likeness (QED) is 0.580. The average Bonchev–Trinajstić information content (AvgIpc) is 3.18. The van der Waals surface area contributed by atoms with E-state index in [4.69, 9.17) is 9.47 Å². The van der Waals surface area contributed by atoms with E-state index in [-0.39, 0.29) is 17.9 Å². The van der Waals surface area contributed by atoms with Gasteiger partial charge in [-0.3, -0.25) is 9.80 Å². The summed E-state index contributed by atoms with van der Waals surface area (Å²) >= 11 is 0. The summed E-state index contributed by atoms with van der Waals surface area (Å²) in [6.07, 6.45) is 5.25. The smallest absolute Gasteiger partial charge is 0.317 e. The third-order valence-corrected chi connectivity index (χ3v) is 7.73. The average molecular weight is 453 g/mol. The molecule has 7 nitrogen and oxygen atoms in total. The van der Waals surface area contributed by atoms with Crippen LogP contribution in [0, 0.1) is 5.92 Å². The molecule has 2 amide bonds. The van der Waals surface area contributed by atoms with Crippen LogP contribution in [-0.2, 0) is 9.47 Å². The molecule has 0 aromatic rings. The van der Waals surface area contributed by atoms with Gasteiger partial charge < -0.3 is 19.7 Å². The summed E-state index contributed by atoms with van der Waals surface area (Å²) in [7, 11) is 0. The Balaban J connectivity index is 1.60. The first-order valence-corrected chi connectivity index (χ1v) is 13.1. The fourth-order valence-corrected chi connectivity index (χ4v) is 6.25. The van der Waals surface area contributed by atoms with Gasteiger partial charge in [-0.15, -0.1) is 0 Å². The number of ether oxygens (including phenoxy) is 2. The maximum atomic E-state index is 13.2. The monoisotopic (exact) mass is 452 g/mol. The highest BCUT2D eigenvalue weighted by Gasteiger charge is 2.49. The van der Waals surface area contributed by atoms with E-state index in [1.54, 1.807) is 0 Å². The molecule has 0 aromatic carbocycles. The Hall–Kier alpha value is -0.890. The molecule has 0 bridgehead atoms. The Morgan fingerprint density at radius 3 is 2.41 bits per heavy atom. The van der Waals surface area contributed by atoms with E-state index in [2.05, 4.69) is 56.7 Å². The van der Waals surface area contributed by atoms with Crippen LogP contribution in [-0.4, -0.2) is 96.6 Å². The molecule has 186 valence electrons. The van der Waals surface area contributed by atoms with Gasteiger partial charge in [0.2, 0.25) is 0 Å². The molecule has 1 saturated carbocycles. The zero-order valence-corrected chi connectivity index (χ0v) is 21.4. The normalized spacial score (nSPS) is 28.0. The fourth-order valence-electron chi connectivity index (χ4n) is 6.25. The topological polar surface area (TPSA) is 57.3 Å². The van der Waals surface area contributed by atoms with E-state index < -0.39 is 0 Å². The van der Waals surface area contributed by atoms with Crippen molar-refractivity contribution in [2.45, 2.75) is 104 Å². The molecule has 7 heteroatoms. The predicted molar refractivity (Wildman–Crippen MR) is 129 cm³/mol. The van der Waals surface area contributed by atoms with E-state index in [9.17, 15) is 4.79 Å². The number of carbonyl (C=O) groups is 1. The van der Waals surface area contributed by atoms with Gasteiger partial charge in [0, 0.05) is 63.2 Å². The number of piperidine rings is 1. The number of urea groups is 1. The molecule has 1 spiro atoms. The van der Waals surface area contributed by atoms with Crippen LogP contribution in [0.1, 0.15) is 73.6 Å². The molecule has 0 unspecified atom stereocenters. The van der Waals surface area contributed by atoms with Gasteiger partial charge in [0.05, 0.1) is 13.2 Å². The molecular weight excluding hydrogens is 404 g/mol. The van der Waals surface area contributed by atoms with Gasteiger partial charge in [0.15, 0.2) is 5.79 Å². The van der Waals surface area contributed by atoms with Crippen LogP contribution in [0.3, 0.4) is 0 Å². The minimum Gasteiger partial charge on any atom is -0.348 e. The molecule has 3 atom stereocenters. The molecule has 3 rings (SSSR count). The van der Waals surface area contributed by atoms with Gasteiger partial charge in [-0.25, -0.2) is 4.79 Å². The minimum absolute atomic E-state index is 0.0822. The summed E-state index contributed by atoms with van der Waals surface area (Å²) in [5.41, 5.74) is 0. The van der Waals surface area contributed by atoms with Crippen LogP contribution in [0.25, 0.3) is 0 Å². The van der Waals surface area contributed by atoms with E-state index in [0.29, 0.717) is 37.3 Å². The maximum absolute atomic E-state index is 13.2. The van der Waals surface area contributed by atoms with Crippen molar-refractivity contribution in [2.24, 2.45) is 5.92 Å². The number of likely N-dealkylation sites (tertiary alicyclic amines) is 1. The second-order valence-corrected chi connectivity index (χ2v) is 10.6. The van der Waals surface area contributed by atoms with Gasteiger partial charge >= 0.3 is 6.03 Å². The highest BCUT2D eigenvalue weighted by molar-refractivity contribution is 5.74. The number of hydrogen-bond acceptors (Lipinski definition) is 5. The van der Waals surface area contributed by atoms with Crippen LogP contribution >= 0.6 is 0 Å². The molecule has 3 aliphatic rings. The van der Waals surface area contributed by atoms with Crippen molar-refractivity contribution in [1.82, 2.24) is 20.0 Å². The van der Waals surface area contributed by atoms with Crippen molar-refractivity contribution in [1.29, 1.82) is 0 Å². The second kappa shape index (κ2) is 11.5. The number of hydrogen-bond donors (Lipinski definition) is 1. The van der Waals surface area contributed by atoms with Crippen molar-refractivity contribution in [2.75, 3.05) is 45.9 Å². The summed E-state index contributed by atoms with van der Waals surface area (Å²) in [5, 5.41) is 3.40. The Labute approximate surface area is 196 Å². The lowest BCUT2D eigenvalue weighted by Gasteiger charge is -2.51. The number of nitrogens with one attached hydrogen (secondary N) is 1. The van der Waals surface area contributed by atoms with Gasteiger partial charge in [-0.2, -0.15) is 0 Å². The predicted octanol–water partition coefficient (Wildman–Crippen LogP) is 3.53. The zero-order valence-electron chi connectivity index (χ0n) is 21.4. The van der Waals surface area contributed by atoms with Crippen molar-refractivity contribution >= 4 is 6.03 Å². The molecule has 3 fully saturated rings. The van der Waals surface area contributed by atoms with E-state index in [1.165, 1.54) is 0 Å². The summed E-state index contributed by atoms with van der Waals surface area (Å²) in [5.74, 6) is 0.150. The zero-order chi connectivity index (χ0) is 23.3. The fraction of sp³-hybridized carbons (Fsp3) is 0.960. The van der Waals surface area contributed by atoms with Gasteiger partial charge in [0.25, 0.3) is 0 Å². The van der Waals surface area contributed by atoms with Crippen molar-refractivity contribution in [3.63, 3.8) is 0 Å². The highest BCUT2D eigenvalue weighted by atomic mass is 16.7. The SMILES string of the molecule is CCCN1C[C@@H](NC(=O)N(CC)CCN(C(C)C)C(C)C)C[C@@H]2CC3(CC[C@H]21)OCCO3.